The molecule has 0 aliphatic heterocycles. The maximum absolute atomic E-state index is 13.3. The van der Waals surface area contributed by atoms with Gasteiger partial charge in [0, 0.05) is 0 Å². The highest BCUT2D eigenvalue weighted by Gasteiger charge is 2.36. The molecule has 0 fully saturated rings. The standard InChI is InChI=1S/C28H26O8S2/c1-19-3-15-25(16-4-19)37(31,32)35-27(21-7-11-23(29)12-8-21)28(22-9-13-24(30)14-10-22)36-38(33,34)26-17-5-20(2)6-18-26/h3-18,27-30H,1-2H3. The monoisotopic (exact) mass is 554 g/mol. The van der Waals surface area contributed by atoms with Crippen molar-refractivity contribution in [3.05, 3.63) is 119 Å². The summed E-state index contributed by atoms with van der Waals surface area (Å²) in [5, 5.41) is 19.6. The third kappa shape index (κ3) is 6.40. The van der Waals surface area contributed by atoms with Crippen LogP contribution in [0.3, 0.4) is 0 Å². The highest BCUT2D eigenvalue weighted by atomic mass is 32.2. The molecule has 8 nitrogen and oxygen atoms in total. The van der Waals surface area contributed by atoms with E-state index >= 15 is 0 Å². The van der Waals surface area contributed by atoms with E-state index in [4.69, 9.17) is 8.37 Å². The van der Waals surface area contributed by atoms with Crippen molar-refractivity contribution in [2.75, 3.05) is 0 Å². The van der Waals surface area contributed by atoms with Gasteiger partial charge in [0.25, 0.3) is 20.2 Å². The van der Waals surface area contributed by atoms with Crippen LogP contribution in [-0.4, -0.2) is 27.0 Å². The Kier molecular flexibility index (Phi) is 7.89. The first-order chi connectivity index (χ1) is 17.9. The van der Waals surface area contributed by atoms with Gasteiger partial charge in [0.2, 0.25) is 0 Å². The van der Waals surface area contributed by atoms with E-state index in [-0.39, 0.29) is 32.4 Å². The molecule has 0 amide bonds. The van der Waals surface area contributed by atoms with E-state index in [9.17, 15) is 27.0 Å². The van der Waals surface area contributed by atoms with Crippen molar-refractivity contribution < 1.29 is 35.4 Å². The molecule has 0 radical (unpaired) electrons. The smallest absolute Gasteiger partial charge is 0.297 e. The quantitative estimate of drug-likeness (QED) is 0.267. The maximum atomic E-state index is 13.3. The number of phenols is 2. The summed E-state index contributed by atoms with van der Waals surface area (Å²) in [6.07, 6.45) is -2.99. The van der Waals surface area contributed by atoms with E-state index in [1.165, 1.54) is 72.8 Å². The minimum atomic E-state index is -4.41. The SMILES string of the molecule is Cc1ccc(S(=O)(=O)OC(c2ccc(O)cc2)C(OS(=O)(=O)c2ccc(C)cc2)c2ccc(O)cc2)cc1. The molecular formula is C28H26O8S2. The lowest BCUT2D eigenvalue weighted by atomic mass is 9.98. The summed E-state index contributed by atoms with van der Waals surface area (Å²) < 4.78 is 64.7. The molecule has 0 saturated carbocycles. The van der Waals surface area contributed by atoms with E-state index in [0.717, 1.165) is 11.1 Å². The summed E-state index contributed by atoms with van der Waals surface area (Å²) in [7, 11) is -8.82. The summed E-state index contributed by atoms with van der Waals surface area (Å²) in [4.78, 5) is -0.254. The Balaban J connectivity index is 1.85. The largest absolute Gasteiger partial charge is 0.508 e. The highest BCUT2D eigenvalue weighted by molar-refractivity contribution is 7.87. The first-order valence-electron chi connectivity index (χ1n) is 11.5. The number of hydrogen-bond acceptors (Lipinski definition) is 8. The Morgan fingerprint density at radius 3 is 1.08 bits per heavy atom. The van der Waals surface area contributed by atoms with Crippen molar-refractivity contribution in [3.8, 4) is 11.5 Å². The Morgan fingerprint density at radius 1 is 0.500 bits per heavy atom. The predicted octanol–water partition coefficient (Wildman–Crippen LogP) is 5.31. The van der Waals surface area contributed by atoms with Crippen LogP contribution >= 0.6 is 0 Å². The Labute approximate surface area is 222 Å². The van der Waals surface area contributed by atoms with Crippen LogP contribution in [0.1, 0.15) is 34.5 Å². The fourth-order valence-corrected chi connectivity index (χ4v) is 5.81. The van der Waals surface area contributed by atoms with Gasteiger partial charge in [-0.25, -0.2) is 0 Å². The van der Waals surface area contributed by atoms with Crippen LogP contribution < -0.4 is 0 Å². The zero-order valence-corrected chi connectivity index (χ0v) is 22.2. The molecule has 10 heteroatoms. The highest BCUT2D eigenvalue weighted by Crippen LogP contribution is 2.40. The van der Waals surface area contributed by atoms with Crippen LogP contribution in [-0.2, 0) is 28.6 Å². The summed E-state index contributed by atoms with van der Waals surface area (Å²) in [6, 6.07) is 23.0. The number of hydrogen-bond donors (Lipinski definition) is 2. The van der Waals surface area contributed by atoms with Crippen molar-refractivity contribution in [2.45, 2.75) is 35.8 Å². The molecule has 2 atom stereocenters. The molecule has 198 valence electrons. The lowest BCUT2D eigenvalue weighted by Gasteiger charge is -2.27. The summed E-state index contributed by atoms with van der Waals surface area (Å²) in [5.41, 5.74) is 2.15. The minimum Gasteiger partial charge on any atom is -0.508 e. The second-order valence-electron chi connectivity index (χ2n) is 8.75. The van der Waals surface area contributed by atoms with Gasteiger partial charge in [-0.1, -0.05) is 59.7 Å². The molecule has 0 heterocycles. The van der Waals surface area contributed by atoms with Crippen molar-refractivity contribution in [3.63, 3.8) is 0 Å². The van der Waals surface area contributed by atoms with Gasteiger partial charge in [-0.2, -0.15) is 16.8 Å². The van der Waals surface area contributed by atoms with Gasteiger partial charge in [0.15, 0.2) is 0 Å². The van der Waals surface area contributed by atoms with Crippen LogP contribution in [0.5, 0.6) is 11.5 Å². The van der Waals surface area contributed by atoms with Crippen LogP contribution in [0.4, 0.5) is 0 Å². The molecule has 2 unspecified atom stereocenters. The number of benzene rings is 4. The Bertz CT molecular complexity index is 1470. The summed E-state index contributed by atoms with van der Waals surface area (Å²) in [6.45, 7) is 3.61. The second kappa shape index (κ2) is 11.0. The van der Waals surface area contributed by atoms with E-state index in [1.807, 2.05) is 0 Å². The fourth-order valence-electron chi connectivity index (χ4n) is 3.68. The third-order valence-corrected chi connectivity index (χ3v) is 8.42. The van der Waals surface area contributed by atoms with Crippen LogP contribution in [0.25, 0.3) is 0 Å². The van der Waals surface area contributed by atoms with E-state index in [2.05, 4.69) is 0 Å². The zero-order chi connectivity index (χ0) is 27.5. The Morgan fingerprint density at radius 2 is 0.789 bits per heavy atom. The van der Waals surface area contributed by atoms with Gasteiger partial charge in [-0.3, -0.25) is 8.37 Å². The van der Waals surface area contributed by atoms with Gasteiger partial charge in [-0.05, 0) is 73.5 Å². The van der Waals surface area contributed by atoms with Gasteiger partial charge < -0.3 is 10.2 Å². The van der Waals surface area contributed by atoms with Crippen LogP contribution in [0, 0.1) is 13.8 Å². The molecule has 4 aromatic rings. The van der Waals surface area contributed by atoms with Crippen LogP contribution in [0.2, 0.25) is 0 Å². The zero-order valence-electron chi connectivity index (χ0n) is 20.6. The molecule has 4 aromatic carbocycles. The predicted molar refractivity (Wildman–Crippen MR) is 141 cm³/mol. The Hall–Kier alpha value is -3.70. The lowest BCUT2D eigenvalue weighted by molar-refractivity contribution is 0.0615. The minimum absolute atomic E-state index is 0.0803. The number of phenolic OH excluding ortho intramolecular Hbond substituents is 2. The number of aromatic hydroxyl groups is 2. The molecule has 0 aliphatic rings. The van der Waals surface area contributed by atoms with Crippen molar-refractivity contribution >= 4 is 20.2 Å². The maximum Gasteiger partial charge on any atom is 0.297 e. The third-order valence-electron chi connectivity index (χ3n) is 5.80. The van der Waals surface area contributed by atoms with E-state index < -0.39 is 32.4 Å². The molecule has 38 heavy (non-hydrogen) atoms. The molecule has 0 bridgehead atoms. The molecule has 0 aromatic heterocycles. The van der Waals surface area contributed by atoms with Crippen molar-refractivity contribution in [1.82, 2.24) is 0 Å². The van der Waals surface area contributed by atoms with Gasteiger partial charge >= 0.3 is 0 Å². The normalized spacial score (nSPS) is 13.6. The first-order valence-corrected chi connectivity index (χ1v) is 14.3. The van der Waals surface area contributed by atoms with E-state index in [1.54, 1.807) is 38.1 Å². The van der Waals surface area contributed by atoms with Crippen LogP contribution in [0.15, 0.2) is 107 Å². The van der Waals surface area contributed by atoms with Crippen molar-refractivity contribution in [2.24, 2.45) is 0 Å². The topological polar surface area (TPSA) is 127 Å². The average Bonchev–Trinajstić information content (AvgIpc) is 2.88. The molecule has 4 rings (SSSR count). The second-order valence-corrected chi connectivity index (χ2v) is 11.9. The molecule has 0 spiro atoms. The summed E-state index contributed by atoms with van der Waals surface area (Å²) in [5.74, 6) is -0.161. The fraction of sp³-hybridized carbons (Fsp3) is 0.143. The molecule has 0 saturated heterocycles. The van der Waals surface area contributed by atoms with Gasteiger partial charge in [0.1, 0.15) is 23.7 Å². The van der Waals surface area contributed by atoms with Crippen molar-refractivity contribution in [1.29, 1.82) is 0 Å². The summed E-state index contributed by atoms with van der Waals surface area (Å²) >= 11 is 0. The van der Waals surface area contributed by atoms with Gasteiger partial charge in [0.05, 0.1) is 9.79 Å². The lowest BCUT2D eigenvalue weighted by Crippen LogP contribution is -2.24. The first kappa shape index (κ1) is 27.3. The molecule has 0 aliphatic carbocycles. The van der Waals surface area contributed by atoms with Gasteiger partial charge in [-0.15, -0.1) is 0 Å². The molecule has 2 N–H and O–H groups in total. The number of rotatable bonds is 9. The van der Waals surface area contributed by atoms with E-state index in [0.29, 0.717) is 0 Å². The average molecular weight is 555 g/mol. The number of aryl methyl sites for hydroxylation is 2. The molecular weight excluding hydrogens is 528 g/mol.